The van der Waals surface area contributed by atoms with Crippen LogP contribution in [0.4, 0.5) is 4.39 Å². The Bertz CT molecular complexity index is 479. The van der Waals surface area contributed by atoms with Gasteiger partial charge in [0.25, 0.3) is 0 Å². The molecule has 0 saturated carbocycles. The maximum atomic E-state index is 13.4. The van der Waals surface area contributed by atoms with Gasteiger partial charge in [0.2, 0.25) is 5.91 Å². The second-order valence-electron chi connectivity index (χ2n) is 4.53. The van der Waals surface area contributed by atoms with Crippen LogP contribution in [0.5, 0.6) is 0 Å². The van der Waals surface area contributed by atoms with Crippen molar-refractivity contribution in [3.8, 4) is 0 Å². The molecule has 0 bridgehead atoms. The smallest absolute Gasteiger partial charge is 0.328 e. The van der Waals surface area contributed by atoms with Crippen LogP contribution in [0.25, 0.3) is 0 Å². The molecule has 0 aliphatic rings. The molecule has 0 aromatic heterocycles. The summed E-state index contributed by atoms with van der Waals surface area (Å²) in [6, 6.07) is 5.55. The van der Waals surface area contributed by atoms with Gasteiger partial charge in [-0.15, -0.1) is 11.8 Å². The standard InChI is InChI=1S/C14H18FNO3S/c1-9(2)13(14(18)19-3)16-12(17)8-20-11-7-5-4-6-10(11)15/h4-7,9,13H,8H2,1-3H3,(H,16,17). The Kier molecular flexibility index (Phi) is 6.51. The number of hydrogen-bond acceptors (Lipinski definition) is 4. The fourth-order valence-corrected chi connectivity index (χ4v) is 2.30. The highest BCUT2D eigenvalue weighted by molar-refractivity contribution is 8.00. The minimum atomic E-state index is -0.686. The maximum Gasteiger partial charge on any atom is 0.328 e. The Hall–Kier alpha value is -1.56. The van der Waals surface area contributed by atoms with Crippen molar-refractivity contribution >= 4 is 23.6 Å². The molecule has 0 heterocycles. The van der Waals surface area contributed by atoms with Crippen LogP contribution in [0, 0.1) is 11.7 Å². The van der Waals surface area contributed by atoms with Crippen LogP contribution in [0.1, 0.15) is 13.8 Å². The highest BCUT2D eigenvalue weighted by Crippen LogP contribution is 2.20. The molecule has 0 saturated heterocycles. The minimum Gasteiger partial charge on any atom is -0.467 e. The number of esters is 1. The number of ether oxygens (including phenoxy) is 1. The highest BCUT2D eigenvalue weighted by Gasteiger charge is 2.24. The van der Waals surface area contributed by atoms with Gasteiger partial charge in [-0.2, -0.15) is 0 Å². The van der Waals surface area contributed by atoms with E-state index in [1.54, 1.807) is 18.2 Å². The van der Waals surface area contributed by atoms with Crippen LogP contribution in [0.15, 0.2) is 29.2 Å². The summed E-state index contributed by atoms with van der Waals surface area (Å²) in [5.74, 6) is -1.21. The number of thioether (sulfide) groups is 1. The third kappa shape index (κ3) is 4.85. The van der Waals surface area contributed by atoms with E-state index in [4.69, 9.17) is 0 Å². The second kappa shape index (κ2) is 7.89. The predicted octanol–water partition coefficient (Wildman–Crippen LogP) is 2.23. The summed E-state index contributed by atoms with van der Waals surface area (Å²) in [5.41, 5.74) is 0. The van der Waals surface area contributed by atoms with E-state index < -0.39 is 12.0 Å². The number of benzene rings is 1. The molecule has 1 rings (SSSR count). The van der Waals surface area contributed by atoms with Gasteiger partial charge in [-0.3, -0.25) is 4.79 Å². The van der Waals surface area contributed by atoms with Crippen molar-refractivity contribution in [3.05, 3.63) is 30.1 Å². The SMILES string of the molecule is COC(=O)C(NC(=O)CSc1ccccc1F)C(C)C. The van der Waals surface area contributed by atoms with Gasteiger partial charge < -0.3 is 10.1 Å². The molecule has 0 aliphatic carbocycles. The number of rotatable bonds is 6. The molecule has 20 heavy (non-hydrogen) atoms. The molecule has 110 valence electrons. The Morgan fingerprint density at radius 1 is 1.35 bits per heavy atom. The molecule has 1 amide bonds. The molecule has 1 atom stereocenters. The lowest BCUT2D eigenvalue weighted by Crippen LogP contribution is -2.45. The average Bonchev–Trinajstić information content (AvgIpc) is 2.42. The van der Waals surface area contributed by atoms with Gasteiger partial charge in [0.1, 0.15) is 11.9 Å². The van der Waals surface area contributed by atoms with E-state index in [1.165, 1.54) is 13.2 Å². The van der Waals surface area contributed by atoms with Gasteiger partial charge in [-0.1, -0.05) is 26.0 Å². The van der Waals surface area contributed by atoms with Crippen LogP contribution < -0.4 is 5.32 Å². The van der Waals surface area contributed by atoms with Gasteiger partial charge in [0.05, 0.1) is 12.9 Å². The molecule has 0 aliphatic heterocycles. The number of hydrogen-bond donors (Lipinski definition) is 1. The zero-order valence-electron chi connectivity index (χ0n) is 11.7. The highest BCUT2D eigenvalue weighted by atomic mass is 32.2. The molecule has 4 nitrogen and oxygen atoms in total. The molecular formula is C14H18FNO3S. The summed E-state index contributed by atoms with van der Waals surface area (Å²) >= 11 is 1.09. The first kappa shape index (κ1) is 16.5. The fraction of sp³-hybridized carbons (Fsp3) is 0.429. The van der Waals surface area contributed by atoms with E-state index in [9.17, 15) is 14.0 Å². The van der Waals surface area contributed by atoms with Gasteiger partial charge in [0, 0.05) is 4.90 Å². The first-order chi connectivity index (χ1) is 9.45. The maximum absolute atomic E-state index is 13.4. The molecule has 0 spiro atoms. The lowest BCUT2D eigenvalue weighted by atomic mass is 10.1. The van der Waals surface area contributed by atoms with Crippen molar-refractivity contribution in [1.29, 1.82) is 0 Å². The summed E-state index contributed by atoms with van der Waals surface area (Å²) in [5, 5.41) is 2.60. The summed E-state index contributed by atoms with van der Waals surface area (Å²) in [6.45, 7) is 3.62. The van der Waals surface area contributed by atoms with E-state index in [0.29, 0.717) is 4.90 Å². The number of amides is 1. The van der Waals surface area contributed by atoms with E-state index in [0.717, 1.165) is 11.8 Å². The number of halogens is 1. The number of methoxy groups -OCH3 is 1. The third-order valence-electron chi connectivity index (χ3n) is 2.63. The molecule has 1 unspecified atom stereocenters. The Labute approximate surface area is 122 Å². The molecule has 6 heteroatoms. The Balaban J connectivity index is 2.55. The van der Waals surface area contributed by atoms with Gasteiger partial charge in [0.15, 0.2) is 0 Å². The average molecular weight is 299 g/mol. The number of carbonyl (C=O) groups excluding carboxylic acids is 2. The molecule has 1 N–H and O–H groups in total. The minimum absolute atomic E-state index is 0.0428. The monoisotopic (exact) mass is 299 g/mol. The predicted molar refractivity (Wildman–Crippen MR) is 75.9 cm³/mol. The molecule has 0 fully saturated rings. The van der Waals surface area contributed by atoms with Crippen LogP contribution in [0.3, 0.4) is 0 Å². The van der Waals surface area contributed by atoms with Gasteiger partial charge in [-0.25, -0.2) is 9.18 Å². The summed E-state index contributed by atoms with van der Waals surface area (Å²) in [6.07, 6.45) is 0. The molecule has 1 aromatic carbocycles. The zero-order chi connectivity index (χ0) is 15.1. The van der Waals surface area contributed by atoms with Crippen molar-refractivity contribution < 1.29 is 18.7 Å². The van der Waals surface area contributed by atoms with Gasteiger partial charge >= 0.3 is 5.97 Å². The summed E-state index contributed by atoms with van der Waals surface area (Å²) < 4.78 is 18.0. The van der Waals surface area contributed by atoms with Crippen molar-refractivity contribution in [2.75, 3.05) is 12.9 Å². The fourth-order valence-electron chi connectivity index (χ4n) is 1.54. The first-order valence-electron chi connectivity index (χ1n) is 6.20. The van der Waals surface area contributed by atoms with Crippen LogP contribution >= 0.6 is 11.8 Å². The van der Waals surface area contributed by atoms with Crippen LogP contribution in [-0.2, 0) is 14.3 Å². The normalized spacial score (nSPS) is 12.1. The zero-order valence-corrected chi connectivity index (χ0v) is 12.5. The van der Waals surface area contributed by atoms with Crippen molar-refractivity contribution in [2.45, 2.75) is 24.8 Å². The Morgan fingerprint density at radius 3 is 2.55 bits per heavy atom. The summed E-state index contributed by atoms with van der Waals surface area (Å²) in [4.78, 5) is 23.7. The number of carbonyl (C=O) groups is 2. The molecule has 1 aromatic rings. The first-order valence-corrected chi connectivity index (χ1v) is 7.18. The quantitative estimate of drug-likeness (QED) is 0.646. The number of nitrogens with one attached hydrogen (secondary N) is 1. The molecular weight excluding hydrogens is 281 g/mol. The Morgan fingerprint density at radius 2 is 2.00 bits per heavy atom. The molecule has 0 radical (unpaired) electrons. The van der Waals surface area contributed by atoms with E-state index >= 15 is 0 Å². The lowest BCUT2D eigenvalue weighted by Gasteiger charge is -2.19. The van der Waals surface area contributed by atoms with Crippen LogP contribution in [-0.4, -0.2) is 30.8 Å². The third-order valence-corrected chi connectivity index (χ3v) is 3.68. The largest absolute Gasteiger partial charge is 0.467 e. The lowest BCUT2D eigenvalue weighted by molar-refractivity contribution is -0.146. The topological polar surface area (TPSA) is 55.4 Å². The summed E-state index contributed by atoms with van der Waals surface area (Å²) in [7, 11) is 1.28. The van der Waals surface area contributed by atoms with E-state index in [-0.39, 0.29) is 23.4 Å². The van der Waals surface area contributed by atoms with Crippen molar-refractivity contribution in [2.24, 2.45) is 5.92 Å². The van der Waals surface area contributed by atoms with Gasteiger partial charge in [-0.05, 0) is 18.1 Å². The second-order valence-corrected chi connectivity index (χ2v) is 5.55. The van der Waals surface area contributed by atoms with E-state index in [2.05, 4.69) is 10.1 Å². The van der Waals surface area contributed by atoms with Crippen molar-refractivity contribution in [3.63, 3.8) is 0 Å². The van der Waals surface area contributed by atoms with E-state index in [1.807, 2.05) is 13.8 Å². The van der Waals surface area contributed by atoms with Crippen LogP contribution in [0.2, 0.25) is 0 Å². The van der Waals surface area contributed by atoms with Crippen molar-refractivity contribution in [1.82, 2.24) is 5.32 Å².